The van der Waals surface area contributed by atoms with Gasteiger partial charge in [-0.05, 0) is 27.8 Å². The van der Waals surface area contributed by atoms with Crippen LogP contribution in [-0.2, 0) is 14.3 Å². The lowest BCUT2D eigenvalue weighted by Gasteiger charge is -2.38. The van der Waals surface area contributed by atoms with Crippen molar-refractivity contribution in [1.82, 2.24) is 9.80 Å². The molecule has 1 heterocycles. The quantitative estimate of drug-likeness (QED) is 0.770. The molecule has 1 saturated heterocycles. The summed E-state index contributed by atoms with van der Waals surface area (Å²) >= 11 is 0. The Morgan fingerprint density at radius 1 is 1.33 bits per heavy atom. The van der Waals surface area contributed by atoms with Crippen LogP contribution >= 0.6 is 0 Å². The van der Waals surface area contributed by atoms with Gasteiger partial charge in [-0.15, -0.1) is 0 Å². The van der Waals surface area contributed by atoms with Gasteiger partial charge in [-0.2, -0.15) is 0 Å². The first kappa shape index (κ1) is 14.9. The molecule has 104 valence electrons. The average molecular weight is 258 g/mol. The first-order chi connectivity index (χ1) is 8.28. The van der Waals surface area contributed by atoms with Crippen LogP contribution in [0.25, 0.3) is 0 Å². The number of nitrogens with zero attached hydrogens (tertiary/aromatic N) is 2. The summed E-state index contributed by atoms with van der Waals surface area (Å²) in [5.41, 5.74) is -1.07. The lowest BCUT2D eigenvalue weighted by molar-refractivity contribution is -0.153. The third kappa shape index (κ3) is 3.00. The molecule has 1 fully saturated rings. The highest BCUT2D eigenvalue weighted by atomic mass is 16.5. The van der Waals surface area contributed by atoms with Crippen LogP contribution in [0, 0.1) is 0 Å². The normalized spacial score (nSPS) is 18.8. The van der Waals surface area contributed by atoms with Gasteiger partial charge in [0.25, 0.3) is 0 Å². The van der Waals surface area contributed by atoms with E-state index < -0.39 is 17.6 Å². The minimum atomic E-state index is -1.07. The molecular formula is C12H22N2O4. The fourth-order valence-corrected chi connectivity index (χ4v) is 1.85. The Morgan fingerprint density at radius 2 is 1.83 bits per heavy atom. The van der Waals surface area contributed by atoms with E-state index in [0.717, 1.165) is 0 Å². The van der Waals surface area contributed by atoms with Crippen molar-refractivity contribution in [2.24, 2.45) is 0 Å². The van der Waals surface area contributed by atoms with Gasteiger partial charge in [-0.1, -0.05) is 0 Å². The van der Waals surface area contributed by atoms with Crippen molar-refractivity contribution in [1.29, 1.82) is 0 Å². The van der Waals surface area contributed by atoms with Crippen LogP contribution < -0.4 is 0 Å². The monoisotopic (exact) mass is 258 g/mol. The van der Waals surface area contributed by atoms with Gasteiger partial charge in [0.2, 0.25) is 5.91 Å². The first-order valence-corrected chi connectivity index (χ1v) is 6.11. The van der Waals surface area contributed by atoms with E-state index in [1.54, 1.807) is 37.6 Å². The van der Waals surface area contributed by atoms with E-state index in [0.29, 0.717) is 26.3 Å². The maximum Gasteiger partial charge on any atom is 0.323 e. The summed E-state index contributed by atoms with van der Waals surface area (Å²) in [4.78, 5) is 26.7. The number of morpholine rings is 1. The minimum Gasteiger partial charge on any atom is -0.480 e. The second-order valence-electron chi connectivity index (χ2n) is 5.09. The van der Waals surface area contributed by atoms with Crippen LogP contribution in [0.5, 0.6) is 0 Å². The van der Waals surface area contributed by atoms with E-state index in [-0.39, 0.29) is 5.91 Å². The minimum absolute atomic E-state index is 0.0462. The van der Waals surface area contributed by atoms with Gasteiger partial charge in [-0.25, -0.2) is 0 Å². The van der Waals surface area contributed by atoms with Crippen molar-refractivity contribution in [3.05, 3.63) is 0 Å². The summed E-state index contributed by atoms with van der Waals surface area (Å²) in [6.45, 7) is 7.17. The molecule has 0 aliphatic carbocycles. The zero-order chi connectivity index (χ0) is 13.9. The summed E-state index contributed by atoms with van der Waals surface area (Å²) in [6.07, 6.45) is 0. The standard InChI is InChI=1S/C12H22N2O4/c1-9(13(4)12(2,3)11(16)17)10(15)14-5-7-18-8-6-14/h9H,5-8H2,1-4H3,(H,16,17). The topological polar surface area (TPSA) is 70.1 Å². The predicted molar refractivity (Wildman–Crippen MR) is 66.3 cm³/mol. The number of carbonyl (C=O) groups is 2. The Hall–Kier alpha value is -1.14. The van der Waals surface area contributed by atoms with Crippen molar-refractivity contribution in [2.45, 2.75) is 32.4 Å². The zero-order valence-corrected chi connectivity index (χ0v) is 11.5. The number of carboxylic acid groups (broad SMARTS) is 1. The highest BCUT2D eigenvalue weighted by Gasteiger charge is 2.38. The molecule has 0 aromatic heterocycles. The summed E-state index contributed by atoms with van der Waals surface area (Å²) in [5, 5.41) is 9.17. The summed E-state index contributed by atoms with van der Waals surface area (Å²) in [6, 6.07) is -0.464. The molecule has 0 radical (unpaired) electrons. The molecule has 6 nitrogen and oxygen atoms in total. The number of hydrogen-bond acceptors (Lipinski definition) is 4. The molecule has 1 aliphatic heterocycles. The number of carbonyl (C=O) groups excluding carboxylic acids is 1. The van der Waals surface area contributed by atoms with Crippen LogP contribution in [0.2, 0.25) is 0 Å². The van der Waals surface area contributed by atoms with E-state index in [9.17, 15) is 9.59 Å². The van der Waals surface area contributed by atoms with Crippen LogP contribution in [0.3, 0.4) is 0 Å². The molecule has 0 spiro atoms. The number of aliphatic carboxylic acids is 1. The molecule has 0 bridgehead atoms. The second-order valence-corrected chi connectivity index (χ2v) is 5.09. The molecule has 1 amide bonds. The van der Waals surface area contributed by atoms with Gasteiger partial charge in [0, 0.05) is 13.1 Å². The van der Waals surface area contributed by atoms with Crippen molar-refractivity contribution < 1.29 is 19.4 Å². The van der Waals surface area contributed by atoms with E-state index in [2.05, 4.69) is 0 Å². The number of ether oxygens (including phenoxy) is 1. The van der Waals surface area contributed by atoms with Crippen molar-refractivity contribution in [3.8, 4) is 0 Å². The number of hydrogen-bond donors (Lipinski definition) is 1. The number of amides is 1. The molecule has 1 N–H and O–H groups in total. The summed E-state index contributed by atoms with van der Waals surface area (Å²) in [5.74, 6) is -0.984. The fourth-order valence-electron chi connectivity index (χ4n) is 1.85. The molecule has 1 atom stereocenters. The first-order valence-electron chi connectivity index (χ1n) is 6.11. The van der Waals surface area contributed by atoms with E-state index in [4.69, 9.17) is 9.84 Å². The summed E-state index contributed by atoms with van der Waals surface area (Å²) < 4.78 is 5.19. The predicted octanol–water partition coefficient (Wildman–Crippen LogP) is 0.0287. The van der Waals surface area contributed by atoms with Gasteiger partial charge >= 0.3 is 5.97 Å². The van der Waals surface area contributed by atoms with E-state index in [1.165, 1.54) is 0 Å². The van der Waals surface area contributed by atoms with Crippen LogP contribution in [0.1, 0.15) is 20.8 Å². The number of carboxylic acids is 1. The molecule has 1 aliphatic rings. The molecule has 6 heteroatoms. The second kappa shape index (κ2) is 5.67. The number of likely N-dealkylation sites (N-methyl/N-ethyl adjacent to an activating group) is 1. The van der Waals surface area contributed by atoms with Gasteiger partial charge in [-0.3, -0.25) is 14.5 Å². The maximum absolute atomic E-state index is 12.2. The smallest absolute Gasteiger partial charge is 0.323 e. The molecule has 1 rings (SSSR count). The highest BCUT2D eigenvalue weighted by molar-refractivity contribution is 5.84. The molecule has 0 saturated carbocycles. The molecule has 1 unspecified atom stereocenters. The molecular weight excluding hydrogens is 236 g/mol. The van der Waals surface area contributed by atoms with Gasteiger partial charge < -0.3 is 14.7 Å². The third-order valence-corrected chi connectivity index (χ3v) is 3.67. The fraction of sp³-hybridized carbons (Fsp3) is 0.833. The Bertz CT molecular complexity index is 324. The van der Waals surface area contributed by atoms with E-state index in [1.807, 2.05) is 0 Å². The summed E-state index contributed by atoms with van der Waals surface area (Å²) in [7, 11) is 1.66. The van der Waals surface area contributed by atoms with Crippen LogP contribution in [0.15, 0.2) is 0 Å². The van der Waals surface area contributed by atoms with Crippen LogP contribution in [-0.4, -0.2) is 71.7 Å². The van der Waals surface area contributed by atoms with Gasteiger partial charge in [0.05, 0.1) is 19.3 Å². The lowest BCUT2D eigenvalue weighted by atomic mass is 10.0. The Balaban J connectivity index is 2.70. The SMILES string of the molecule is CC(C(=O)N1CCOCC1)N(C)C(C)(C)C(=O)O. The largest absolute Gasteiger partial charge is 0.480 e. The lowest BCUT2D eigenvalue weighted by Crippen LogP contribution is -2.57. The van der Waals surface area contributed by atoms with Crippen LogP contribution in [0.4, 0.5) is 0 Å². The molecule has 18 heavy (non-hydrogen) atoms. The highest BCUT2D eigenvalue weighted by Crippen LogP contribution is 2.17. The van der Waals surface area contributed by atoms with Crippen molar-refractivity contribution in [2.75, 3.05) is 33.4 Å². The third-order valence-electron chi connectivity index (χ3n) is 3.67. The average Bonchev–Trinajstić information content (AvgIpc) is 2.36. The Morgan fingerprint density at radius 3 is 2.28 bits per heavy atom. The van der Waals surface area contributed by atoms with Gasteiger partial charge in [0.15, 0.2) is 0 Å². The zero-order valence-electron chi connectivity index (χ0n) is 11.5. The van der Waals surface area contributed by atoms with Crippen molar-refractivity contribution in [3.63, 3.8) is 0 Å². The Kier molecular flexibility index (Phi) is 4.70. The number of rotatable bonds is 4. The van der Waals surface area contributed by atoms with E-state index >= 15 is 0 Å². The molecule has 0 aromatic rings. The van der Waals surface area contributed by atoms with Gasteiger partial charge in [0.1, 0.15) is 5.54 Å². The maximum atomic E-state index is 12.2. The molecule has 0 aromatic carbocycles. The van der Waals surface area contributed by atoms with Crippen molar-refractivity contribution >= 4 is 11.9 Å². The Labute approximate surface area is 107 Å².